The standard InChI is InChI=1S/C17H28N2O2/c1-2-3-12-21-17-6-4-16(5-7-17)15-18-8-9-19-10-13-20-14-11-19/h4-7,18H,2-3,8-15H2,1H3. The summed E-state index contributed by atoms with van der Waals surface area (Å²) < 4.78 is 11.0. The van der Waals surface area contributed by atoms with E-state index in [2.05, 4.69) is 41.4 Å². The second-order valence-electron chi connectivity index (χ2n) is 5.48. The largest absolute Gasteiger partial charge is 0.494 e. The predicted octanol–water partition coefficient (Wildman–Crippen LogP) is 2.29. The lowest BCUT2D eigenvalue weighted by Gasteiger charge is -2.26. The Morgan fingerprint density at radius 1 is 1.19 bits per heavy atom. The van der Waals surface area contributed by atoms with E-state index in [1.807, 2.05) is 0 Å². The fraction of sp³-hybridized carbons (Fsp3) is 0.647. The molecule has 21 heavy (non-hydrogen) atoms. The molecule has 0 aliphatic carbocycles. The molecule has 0 spiro atoms. The minimum Gasteiger partial charge on any atom is -0.494 e. The number of benzene rings is 1. The third-order valence-corrected chi connectivity index (χ3v) is 3.73. The first-order chi connectivity index (χ1) is 10.4. The van der Waals surface area contributed by atoms with Crippen molar-refractivity contribution in [1.82, 2.24) is 10.2 Å². The Morgan fingerprint density at radius 2 is 1.95 bits per heavy atom. The summed E-state index contributed by atoms with van der Waals surface area (Å²) in [6.07, 6.45) is 2.29. The molecule has 1 aliphatic rings. The predicted molar refractivity (Wildman–Crippen MR) is 85.8 cm³/mol. The lowest BCUT2D eigenvalue weighted by Crippen LogP contribution is -2.40. The average Bonchev–Trinajstić information content (AvgIpc) is 2.54. The van der Waals surface area contributed by atoms with Crippen LogP contribution in [0.3, 0.4) is 0 Å². The lowest BCUT2D eigenvalue weighted by molar-refractivity contribution is 0.0384. The van der Waals surface area contributed by atoms with E-state index < -0.39 is 0 Å². The average molecular weight is 292 g/mol. The molecule has 2 rings (SSSR count). The van der Waals surface area contributed by atoms with Gasteiger partial charge in [0.2, 0.25) is 0 Å². The van der Waals surface area contributed by atoms with Crippen LogP contribution >= 0.6 is 0 Å². The van der Waals surface area contributed by atoms with Gasteiger partial charge in [0.1, 0.15) is 5.75 Å². The quantitative estimate of drug-likeness (QED) is 0.708. The molecule has 1 aromatic rings. The Morgan fingerprint density at radius 3 is 2.67 bits per heavy atom. The van der Waals surface area contributed by atoms with E-state index in [4.69, 9.17) is 9.47 Å². The van der Waals surface area contributed by atoms with Gasteiger partial charge in [-0.05, 0) is 24.1 Å². The number of nitrogens with one attached hydrogen (secondary N) is 1. The first-order valence-corrected chi connectivity index (χ1v) is 8.11. The van der Waals surface area contributed by atoms with Crippen molar-refractivity contribution in [3.8, 4) is 5.75 Å². The van der Waals surface area contributed by atoms with Gasteiger partial charge in [0.25, 0.3) is 0 Å². The van der Waals surface area contributed by atoms with Crippen LogP contribution in [0, 0.1) is 0 Å². The number of morpholine rings is 1. The maximum atomic E-state index is 5.67. The molecule has 0 bridgehead atoms. The van der Waals surface area contributed by atoms with Crippen molar-refractivity contribution >= 4 is 0 Å². The molecule has 4 heteroatoms. The molecule has 1 N–H and O–H groups in total. The van der Waals surface area contributed by atoms with Crippen LogP contribution in [0.1, 0.15) is 25.3 Å². The first kappa shape index (κ1) is 16.3. The zero-order valence-electron chi connectivity index (χ0n) is 13.1. The normalized spacial score (nSPS) is 16.0. The summed E-state index contributed by atoms with van der Waals surface area (Å²) in [6.45, 7) is 9.90. The van der Waals surface area contributed by atoms with Crippen LogP contribution in [-0.4, -0.2) is 50.9 Å². The van der Waals surface area contributed by atoms with E-state index in [1.54, 1.807) is 0 Å². The van der Waals surface area contributed by atoms with E-state index in [0.29, 0.717) is 0 Å². The van der Waals surface area contributed by atoms with Crippen molar-refractivity contribution in [1.29, 1.82) is 0 Å². The van der Waals surface area contributed by atoms with E-state index in [0.717, 1.165) is 64.7 Å². The smallest absolute Gasteiger partial charge is 0.119 e. The van der Waals surface area contributed by atoms with Crippen LogP contribution in [0.2, 0.25) is 0 Å². The summed E-state index contributed by atoms with van der Waals surface area (Å²) in [7, 11) is 0. The number of nitrogens with zero attached hydrogens (tertiary/aromatic N) is 1. The van der Waals surface area contributed by atoms with Gasteiger partial charge in [0.15, 0.2) is 0 Å². The number of unbranched alkanes of at least 4 members (excludes halogenated alkanes) is 1. The van der Waals surface area contributed by atoms with E-state index in [9.17, 15) is 0 Å². The van der Waals surface area contributed by atoms with Gasteiger partial charge in [-0.3, -0.25) is 4.90 Å². The fourth-order valence-electron chi connectivity index (χ4n) is 2.33. The third kappa shape index (κ3) is 6.46. The van der Waals surface area contributed by atoms with Crippen LogP contribution in [0.25, 0.3) is 0 Å². The number of ether oxygens (including phenoxy) is 2. The van der Waals surface area contributed by atoms with Crippen LogP contribution in [0.15, 0.2) is 24.3 Å². The molecule has 0 atom stereocenters. The number of hydrogen-bond donors (Lipinski definition) is 1. The van der Waals surface area contributed by atoms with Gasteiger partial charge in [-0.2, -0.15) is 0 Å². The van der Waals surface area contributed by atoms with Crippen LogP contribution in [-0.2, 0) is 11.3 Å². The highest BCUT2D eigenvalue weighted by Crippen LogP contribution is 2.12. The lowest BCUT2D eigenvalue weighted by atomic mass is 10.2. The molecule has 1 aliphatic heterocycles. The molecule has 0 aromatic heterocycles. The molecular formula is C17H28N2O2. The molecule has 1 fully saturated rings. The molecule has 0 amide bonds. The second kappa shape index (κ2) is 9.77. The van der Waals surface area contributed by atoms with Gasteiger partial charge in [0, 0.05) is 32.7 Å². The second-order valence-corrected chi connectivity index (χ2v) is 5.48. The highest BCUT2D eigenvalue weighted by atomic mass is 16.5. The SMILES string of the molecule is CCCCOc1ccc(CNCCN2CCOCC2)cc1. The highest BCUT2D eigenvalue weighted by molar-refractivity contribution is 5.27. The van der Waals surface area contributed by atoms with Crippen molar-refractivity contribution in [2.45, 2.75) is 26.3 Å². The van der Waals surface area contributed by atoms with Crippen molar-refractivity contribution in [3.05, 3.63) is 29.8 Å². The summed E-state index contributed by atoms with van der Waals surface area (Å²) in [5.74, 6) is 0.973. The zero-order chi connectivity index (χ0) is 14.8. The molecule has 1 aromatic carbocycles. The topological polar surface area (TPSA) is 33.7 Å². The molecule has 0 saturated carbocycles. The Labute approximate surface area is 128 Å². The van der Waals surface area contributed by atoms with Crippen LogP contribution < -0.4 is 10.1 Å². The monoisotopic (exact) mass is 292 g/mol. The Hall–Kier alpha value is -1.10. The van der Waals surface area contributed by atoms with Crippen molar-refractivity contribution < 1.29 is 9.47 Å². The van der Waals surface area contributed by atoms with E-state index in [1.165, 1.54) is 12.0 Å². The molecule has 4 nitrogen and oxygen atoms in total. The summed E-state index contributed by atoms with van der Waals surface area (Å²) in [5, 5.41) is 3.50. The van der Waals surface area contributed by atoms with Crippen molar-refractivity contribution in [2.75, 3.05) is 46.0 Å². The van der Waals surface area contributed by atoms with E-state index in [-0.39, 0.29) is 0 Å². The van der Waals surface area contributed by atoms with Gasteiger partial charge in [-0.25, -0.2) is 0 Å². The Bertz CT molecular complexity index is 375. The maximum absolute atomic E-state index is 5.67. The van der Waals surface area contributed by atoms with Gasteiger partial charge in [0.05, 0.1) is 19.8 Å². The summed E-state index contributed by atoms with van der Waals surface area (Å²) in [5.41, 5.74) is 1.31. The minimum atomic E-state index is 0.813. The van der Waals surface area contributed by atoms with Gasteiger partial charge >= 0.3 is 0 Å². The Balaban J connectivity index is 1.59. The summed E-state index contributed by atoms with van der Waals surface area (Å²) >= 11 is 0. The van der Waals surface area contributed by atoms with E-state index >= 15 is 0 Å². The van der Waals surface area contributed by atoms with Crippen LogP contribution in [0.4, 0.5) is 0 Å². The van der Waals surface area contributed by atoms with Gasteiger partial charge < -0.3 is 14.8 Å². The molecule has 0 radical (unpaired) electrons. The third-order valence-electron chi connectivity index (χ3n) is 3.73. The Kier molecular flexibility index (Phi) is 7.57. The zero-order valence-corrected chi connectivity index (χ0v) is 13.1. The first-order valence-electron chi connectivity index (χ1n) is 8.11. The fourth-order valence-corrected chi connectivity index (χ4v) is 2.33. The number of rotatable bonds is 9. The summed E-state index contributed by atoms with van der Waals surface area (Å²) in [4.78, 5) is 2.45. The molecule has 0 unspecified atom stereocenters. The molecule has 1 saturated heterocycles. The highest BCUT2D eigenvalue weighted by Gasteiger charge is 2.08. The molecule has 1 heterocycles. The van der Waals surface area contributed by atoms with Crippen LogP contribution in [0.5, 0.6) is 5.75 Å². The van der Waals surface area contributed by atoms with Crippen molar-refractivity contribution in [3.63, 3.8) is 0 Å². The van der Waals surface area contributed by atoms with Crippen molar-refractivity contribution in [2.24, 2.45) is 0 Å². The number of hydrogen-bond acceptors (Lipinski definition) is 4. The maximum Gasteiger partial charge on any atom is 0.119 e. The minimum absolute atomic E-state index is 0.813. The van der Waals surface area contributed by atoms with Gasteiger partial charge in [-0.1, -0.05) is 25.5 Å². The van der Waals surface area contributed by atoms with Gasteiger partial charge in [-0.15, -0.1) is 0 Å². The molecular weight excluding hydrogens is 264 g/mol. The summed E-state index contributed by atoms with van der Waals surface area (Å²) in [6, 6.07) is 8.41. The molecule has 118 valence electrons.